The van der Waals surface area contributed by atoms with Crippen LogP contribution in [0.1, 0.15) is 25.6 Å². The number of carbonyl (C=O) groups is 2. The molecule has 100 valence electrons. The van der Waals surface area contributed by atoms with Crippen LogP contribution in [0.2, 0.25) is 0 Å². The second-order valence-electron chi connectivity index (χ2n) is 4.06. The van der Waals surface area contributed by atoms with Crippen molar-refractivity contribution in [2.24, 2.45) is 0 Å². The van der Waals surface area contributed by atoms with Gasteiger partial charge in [-0.25, -0.2) is 4.79 Å². The van der Waals surface area contributed by atoms with Crippen molar-refractivity contribution in [3.05, 3.63) is 39.3 Å². The number of Topliss-reactive ketones (excluding diaryl/α,β-unsaturated/α-hetero) is 1. The molecule has 8 nitrogen and oxygen atoms in total. The molecule has 1 aliphatic heterocycles. The Morgan fingerprint density at radius 2 is 2.16 bits per heavy atom. The summed E-state index contributed by atoms with van der Waals surface area (Å²) in [4.78, 5) is 32.9. The number of hydrogen-bond donors (Lipinski definition) is 2. The Balaban J connectivity index is 2.45. The Bertz CT molecular complexity index is 601. The van der Waals surface area contributed by atoms with Gasteiger partial charge in [0, 0.05) is 11.3 Å². The summed E-state index contributed by atoms with van der Waals surface area (Å²) < 4.78 is 5.03. The third kappa shape index (κ3) is 2.32. The van der Waals surface area contributed by atoms with E-state index >= 15 is 0 Å². The molecule has 0 bridgehead atoms. The van der Waals surface area contributed by atoms with Gasteiger partial charge in [-0.1, -0.05) is 0 Å². The van der Waals surface area contributed by atoms with Crippen molar-refractivity contribution in [3.63, 3.8) is 0 Å². The van der Waals surface area contributed by atoms with Crippen molar-refractivity contribution in [1.29, 1.82) is 0 Å². The molecule has 1 aliphatic rings. The molecule has 0 unspecified atom stereocenters. The van der Waals surface area contributed by atoms with Crippen LogP contribution >= 0.6 is 0 Å². The normalized spacial score (nSPS) is 18.8. The molecular weight excluding hydrogens is 254 g/mol. The number of nitrogens with one attached hydrogen (secondary N) is 2. The highest BCUT2D eigenvalue weighted by Gasteiger charge is 2.32. The quantitative estimate of drug-likeness (QED) is 0.633. The van der Waals surface area contributed by atoms with Crippen LogP contribution in [0.15, 0.2) is 27.8 Å². The first kappa shape index (κ1) is 12.8. The van der Waals surface area contributed by atoms with Crippen molar-refractivity contribution >= 4 is 17.7 Å². The van der Waals surface area contributed by atoms with Gasteiger partial charge in [0.15, 0.2) is 5.78 Å². The molecule has 2 amide bonds. The number of allylic oxidation sites excluding steroid dienone is 1. The fourth-order valence-corrected chi connectivity index (χ4v) is 1.97. The molecule has 0 saturated carbocycles. The Morgan fingerprint density at radius 1 is 1.47 bits per heavy atom. The van der Waals surface area contributed by atoms with Crippen molar-refractivity contribution < 1.29 is 18.9 Å². The maximum atomic E-state index is 11.6. The molecule has 0 saturated heterocycles. The van der Waals surface area contributed by atoms with Crippen LogP contribution in [0.3, 0.4) is 0 Å². The minimum Gasteiger partial charge on any atom is -0.403 e. The summed E-state index contributed by atoms with van der Waals surface area (Å²) in [6, 6.07) is 1.23. The maximum Gasteiger partial charge on any atom is 0.433 e. The fraction of sp³-hybridized carbons (Fsp3) is 0.273. The third-order valence-corrected chi connectivity index (χ3v) is 2.73. The zero-order chi connectivity index (χ0) is 14.2. The van der Waals surface area contributed by atoms with Gasteiger partial charge in [0.25, 0.3) is 0 Å². The second kappa shape index (κ2) is 4.56. The zero-order valence-corrected chi connectivity index (χ0v) is 10.2. The summed E-state index contributed by atoms with van der Waals surface area (Å²) in [6.45, 7) is 2.93. The molecule has 2 N–H and O–H groups in total. The number of hydrogen-bond acceptors (Lipinski definition) is 5. The first-order valence-corrected chi connectivity index (χ1v) is 5.43. The summed E-state index contributed by atoms with van der Waals surface area (Å²) in [5.74, 6) is -0.552. The lowest BCUT2D eigenvalue weighted by atomic mass is 9.97. The molecule has 0 spiro atoms. The average molecular weight is 265 g/mol. The van der Waals surface area contributed by atoms with Crippen LogP contribution in [0.5, 0.6) is 0 Å². The van der Waals surface area contributed by atoms with Crippen molar-refractivity contribution in [2.45, 2.75) is 19.9 Å². The van der Waals surface area contributed by atoms with Crippen LogP contribution in [0, 0.1) is 10.1 Å². The summed E-state index contributed by atoms with van der Waals surface area (Å²) in [5, 5.41) is 15.5. The molecule has 1 aromatic heterocycles. The molecule has 19 heavy (non-hydrogen) atoms. The Labute approximate surface area is 107 Å². The Morgan fingerprint density at radius 3 is 2.68 bits per heavy atom. The Kier molecular flexibility index (Phi) is 3.07. The highest BCUT2D eigenvalue weighted by Crippen LogP contribution is 2.30. The van der Waals surface area contributed by atoms with Gasteiger partial charge in [0.1, 0.15) is 16.7 Å². The fourth-order valence-electron chi connectivity index (χ4n) is 1.97. The number of rotatable bonds is 3. The molecule has 0 radical (unpaired) electrons. The predicted molar refractivity (Wildman–Crippen MR) is 63.2 cm³/mol. The number of urea groups is 1. The van der Waals surface area contributed by atoms with E-state index in [1.165, 1.54) is 19.1 Å². The molecule has 1 atom stereocenters. The third-order valence-electron chi connectivity index (χ3n) is 2.73. The number of nitro groups is 1. The van der Waals surface area contributed by atoms with Crippen LogP contribution in [-0.4, -0.2) is 16.7 Å². The van der Waals surface area contributed by atoms with Crippen LogP contribution < -0.4 is 10.6 Å². The van der Waals surface area contributed by atoms with Gasteiger partial charge in [-0.15, -0.1) is 0 Å². The van der Waals surface area contributed by atoms with E-state index in [4.69, 9.17) is 4.42 Å². The van der Waals surface area contributed by atoms with Gasteiger partial charge in [-0.3, -0.25) is 14.9 Å². The highest BCUT2D eigenvalue weighted by atomic mass is 16.6. The van der Waals surface area contributed by atoms with E-state index in [-0.39, 0.29) is 11.5 Å². The molecule has 0 aliphatic carbocycles. The Hall–Kier alpha value is -2.64. The van der Waals surface area contributed by atoms with Gasteiger partial charge < -0.3 is 15.1 Å². The molecule has 0 fully saturated rings. The first-order valence-electron chi connectivity index (χ1n) is 5.43. The van der Waals surface area contributed by atoms with Crippen molar-refractivity contribution in [3.8, 4) is 0 Å². The largest absolute Gasteiger partial charge is 0.433 e. The van der Waals surface area contributed by atoms with Gasteiger partial charge in [0.2, 0.25) is 0 Å². The summed E-state index contributed by atoms with van der Waals surface area (Å²) >= 11 is 0. The zero-order valence-electron chi connectivity index (χ0n) is 10.2. The lowest BCUT2D eigenvalue weighted by molar-refractivity contribution is -0.402. The van der Waals surface area contributed by atoms with E-state index in [1.807, 2.05) is 0 Å². The van der Waals surface area contributed by atoms with E-state index < -0.39 is 22.9 Å². The minimum atomic E-state index is -0.819. The maximum absolute atomic E-state index is 11.6. The molecular formula is C11H11N3O5. The van der Waals surface area contributed by atoms with Gasteiger partial charge in [0.05, 0.1) is 6.07 Å². The van der Waals surface area contributed by atoms with Crippen molar-refractivity contribution in [1.82, 2.24) is 10.6 Å². The van der Waals surface area contributed by atoms with E-state index in [2.05, 4.69) is 10.6 Å². The summed E-state index contributed by atoms with van der Waals surface area (Å²) in [5.41, 5.74) is 0.712. The standard InChI is InChI=1S/C11H11N3O5/c1-5-9(6(2)15)10(13-11(16)12-5)7-3-4-8(19-7)14(17)18/h3-4,10H,1-2H3,(H2,12,13,16)/t10-/m1/s1. The number of furan rings is 1. The van der Waals surface area contributed by atoms with E-state index in [1.54, 1.807) is 6.92 Å². The molecule has 0 aromatic carbocycles. The monoisotopic (exact) mass is 265 g/mol. The topological polar surface area (TPSA) is 114 Å². The summed E-state index contributed by atoms with van der Waals surface area (Å²) in [7, 11) is 0. The van der Waals surface area contributed by atoms with Crippen LogP contribution in [0.25, 0.3) is 0 Å². The van der Waals surface area contributed by atoms with E-state index in [0.29, 0.717) is 11.3 Å². The summed E-state index contributed by atoms with van der Waals surface area (Å²) in [6.07, 6.45) is 0. The van der Waals surface area contributed by atoms with Gasteiger partial charge in [-0.05, 0) is 19.9 Å². The minimum absolute atomic E-state index is 0.145. The smallest absolute Gasteiger partial charge is 0.403 e. The SMILES string of the molecule is CC(=O)C1=C(C)NC(=O)N[C@@H]1c1ccc([N+](=O)[O-])o1. The second-order valence-corrected chi connectivity index (χ2v) is 4.06. The molecule has 2 rings (SSSR count). The molecule has 2 heterocycles. The van der Waals surface area contributed by atoms with E-state index in [0.717, 1.165) is 0 Å². The van der Waals surface area contributed by atoms with E-state index in [9.17, 15) is 19.7 Å². The predicted octanol–water partition coefficient (Wildman–Crippen LogP) is 1.40. The molecule has 1 aromatic rings. The van der Waals surface area contributed by atoms with Crippen LogP contribution in [0.4, 0.5) is 10.7 Å². The number of amides is 2. The first-order chi connectivity index (χ1) is 8.90. The van der Waals surface area contributed by atoms with Gasteiger partial charge in [-0.2, -0.15) is 0 Å². The van der Waals surface area contributed by atoms with Gasteiger partial charge >= 0.3 is 11.9 Å². The number of nitrogens with zero attached hydrogens (tertiary/aromatic N) is 1. The number of carbonyl (C=O) groups excluding carboxylic acids is 2. The molecule has 8 heteroatoms. The lowest BCUT2D eigenvalue weighted by Gasteiger charge is -2.25. The lowest BCUT2D eigenvalue weighted by Crippen LogP contribution is -2.44. The van der Waals surface area contributed by atoms with Crippen molar-refractivity contribution in [2.75, 3.05) is 0 Å². The average Bonchev–Trinajstić information content (AvgIpc) is 2.76. The number of ketones is 1. The van der Waals surface area contributed by atoms with Crippen LogP contribution in [-0.2, 0) is 4.79 Å². The highest BCUT2D eigenvalue weighted by molar-refractivity contribution is 5.98.